The first-order valence-corrected chi connectivity index (χ1v) is 8.70. The predicted octanol–water partition coefficient (Wildman–Crippen LogP) is 4.36. The third-order valence-electron chi connectivity index (χ3n) is 4.55. The van der Waals surface area contributed by atoms with E-state index < -0.39 is 11.7 Å². The van der Waals surface area contributed by atoms with Gasteiger partial charge in [0.25, 0.3) is 0 Å². The third-order valence-corrected chi connectivity index (χ3v) is 5.10. The minimum Gasteiger partial charge on any atom is -0.334 e. The number of alkyl halides is 3. The molecule has 0 aliphatic heterocycles. The molecule has 1 aromatic heterocycles. The molecule has 140 valence electrons. The number of carbonyl (C=O) groups excluding carboxylic acids is 1. The average Bonchev–Trinajstić information content (AvgIpc) is 3.38. The molecule has 1 aliphatic rings. The number of nitrogens with zero attached hydrogens (tertiary/aromatic N) is 3. The first kappa shape index (κ1) is 18.8. The van der Waals surface area contributed by atoms with Crippen LogP contribution in [0, 0.1) is 13.8 Å². The zero-order valence-electron chi connectivity index (χ0n) is 14.5. The lowest BCUT2D eigenvalue weighted by molar-refractivity contribution is -0.140. The maximum absolute atomic E-state index is 13.2. The fourth-order valence-corrected chi connectivity index (χ4v) is 3.11. The van der Waals surface area contributed by atoms with Gasteiger partial charge in [0, 0.05) is 12.6 Å². The topological polar surface area (TPSA) is 38.1 Å². The van der Waals surface area contributed by atoms with Crippen molar-refractivity contribution in [1.29, 1.82) is 0 Å². The molecule has 0 radical (unpaired) electrons. The van der Waals surface area contributed by atoms with Gasteiger partial charge in [0.2, 0.25) is 5.91 Å². The number of amides is 1. The first-order chi connectivity index (χ1) is 12.2. The largest absolute Gasteiger partial charge is 0.416 e. The van der Waals surface area contributed by atoms with E-state index in [9.17, 15) is 18.0 Å². The summed E-state index contributed by atoms with van der Waals surface area (Å²) in [6.07, 6.45) is -2.84. The molecule has 1 amide bonds. The third kappa shape index (κ3) is 3.87. The summed E-state index contributed by atoms with van der Waals surface area (Å²) < 4.78 is 41.2. The SMILES string of the molecule is Cc1nn(CC(=O)N(Cc2ccccc2C(F)(F)F)C2CC2)c(C)c1Cl. The molecule has 0 atom stereocenters. The summed E-state index contributed by atoms with van der Waals surface area (Å²) in [4.78, 5) is 14.3. The van der Waals surface area contributed by atoms with E-state index in [0.717, 1.165) is 18.9 Å². The summed E-state index contributed by atoms with van der Waals surface area (Å²) in [5, 5.41) is 4.73. The van der Waals surface area contributed by atoms with Gasteiger partial charge in [-0.15, -0.1) is 0 Å². The summed E-state index contributed by atoms with van der Waals surface area (Å²) >= 11 is 6.10. The summed E-state index contributed by atoms with van der Waals surface area (Å²) in [6.45, 7) is 3.40. The molecule has 1 fully saturated rings. The van der Waals surface area contributed by atoms with Crippen molar-refractivity contribution >= 4 is 17.5 Å². The van der Waals surface area contributed by atoms with Gasteiger partial charge in [-0.05, 0) is 38.3 Å². The molecule has 4 nitrogen and oxygen atoms in total. The Morgan fingerprint density at radius 1 is 1.31 bits per heavy atom. The second kappa shape index (κ2) is 6.95. The van der Waals surface area contributed by atoms with Crippen LogP contribution in [0.5, 0.6) is 0 Å². The molecule has 3 rings (SSSR count). The highest BCUT2D eigenvalue weighted by molar-refractivity contribution is 6.31. The second-order valence-electron chi connectivity index (χ2n) is 6.55. The van der Waals surface area contributed by atoms with E-state index >= 15 is 0 Å². The van der Waals surface area contributed by atoms with Crippen molar-refractivity contribution in [2.24, 2.45) is 0 Å². The number of carbonyl (C=O) groups is 1. The number of rotatable bonds is 5. The van der Waals surface area contributed by atoms with Crippen LogP contribution in [0.15, 0.2) is 24.3 Å². The molecule has 1 heterocycles. The van der Waals surface area contributed by atoms with Crippen LogP contribution in [0.1, 0.15) is 35.4 Å². The van der Waals surface area contributed by atoms with Crippen molar-refractivity contribution in [2.45, 2.75) is 52.0 Å². The van der Waals surface area contributed by atoms with E-state index in [1.807, 2.05) is 0 Å². The number of hydrogen-bond acceptors (Lipinski definition) is 2. The molecule has 1 aliphatic carbocycles. The van der Waals surface area contributed by atoms with Gasteiger partial charge in [-0.2, -0.15) is 18.3 Å². The highest BCUT2D eigenvalue weighted by Crippen LogP contribution is 2.35. The Kier molecular flexibility index (Phi) is 5.01. The fraction of sp³-hybridized carbons (Fsp3) is 0.444. The van der Waals surface area contributed by atoms with Crippen LogP contribution < -0.4 is 0 Å². The van der Waals surface area contributed by atoms with E-state index in [-0.39, 0.29) is 30.6 Å². The Labute approximate surface area is 154 Å². The van der Waals surface area contributed by atoms with Gasteiger partial charge in [-0.25, -0.2) is 0 Å². The normalized spacial score (nSPS) is 14.5. The number of benzene rings is 1. The number of aryl methyl sites for hydroxylation is 1. The van der Waals surface area contributed by atoms with Crippen molar-refractivity contribution in [3.8, 4) is 0 Å². The van der Waals surface area contributed by atoms with E-state index in [2.05, 4.69) is 5.10 Å². The predicted molar refractivity (Wildman–Crippen MR) is 91.7 cm³/mol. The van der Waals surface area contributed by atoms with Crippen LogP contribution in [0.3, 0.4) is 0 Å². The van der Waals surface area contributed by atoms with E-state index in [1.165, 1.54) is 21.7 Å². The Balaban J connectivity index is 1.82. The summed E-state index contributed by atoms with van der Waals surface area (Å²) in [5.74, 6) is -0.258. The molecule has 1 aromatic carbocycles. The highest BCUT2D eigenvalue weighted by Gasteiger charge is 2.37. The van der Waals surface area contributed by atoms with Gasteiger partial charge < -0.3 is 4.90 Å². The fourth-order valence-electron chi connectivity index (χ4n) is 2.97. The maximum atomic E-state index is 13.2. The van der Waals surface area contributed by atoms with Gasteiger partial charge in [-0.3, -0.25) is 9.48 Å². The maximum Gasteiger partial charge on any atom is 0.416 e. The smallest absolute Gasteiger partial charge is 0.334 e. The van der Waals surface area contributed by atoms with Crippen LogP contribution in [-0.4, -0.2) is 26.6 Å². The van der Waals surface area contributed by atoms with Crippen LogP contribution in [0.2, 0.25) is 5.02 Å². The number of aromatic nitrogens is 2. The quantitative estimate of drug-likeness (QED) is 0.766. The van der Waals surface area contributed by atoms with Crippen LogP contribution in [0.25, 0.3) is 0 Å². The first-order valence-electron chi connectivity index (χ1n) is 8.32. The molecule has 26 heavy (non-hydrogen) atoms. The molecule has 1 saturated carbocycles. The van der Waals surface area contributed by atoms with Gasteiger partial charge >= 0.3 is 6.18 Å². The molecule has 2 aromatic rings. The summed E-state index contributed by atoms with van der Waals surface area (Å²) in [7, 11) is 0. The zero-order valence-corrected chi connectivity index (χ0v) is 15.2. The van der Waals surface area contributed by atoms with Gasteiger partial charge in [0.15, 0.2) is 0 Å². The second-order valence-corrected chi connectivity index (χ2v) is 6.93. The average molecular weight is 386 g/mol. The molecule has 0 spiro atoms. The summed E-state index contributed by atoms with van der Waals surface area (Å²) in [5.41, 5.74) is 0.695. The van der Waals surface area contributed by atoms with E-state index in [0.29, 0.717) is 16.4 Å². The lowest BCUT2D eigenvalue weighted by atomic mass is 10.1. The molecule has 8 heteroatoms. The molecular formula is C18H19ClF3N3O. The standard InChI is InChI=1S/C18H19ClF3N3O/c1-11-17(19)12(2)25(23-11)10-16(26)24(14-7-8-14)9-13-5-3-4-6-15(13)18(20,21)22/h3-6,14H,7-10H2,1-2H3. The zero-order chi connectivity index (χ0) is 19.1. The van der Waals surface area contributed by atoms with E-state index in [1.54, 1.807) is 19.9 Å². The Hall–Kier alpha value is -2.02. The van der Waals surface area contributed by atoms with Crippen molar-refractivity contribution < 1.29 is 18.0 Å². The molecule has 0 saturated heterocycles. The molecule has 0 bridgehead atoms. The Morgan fingerprint density at radius 2 is 1.96 bits per heavy atom. The van der Waals surface area contributed by atoms with Gasteiger partial charge in [-0.1, -0.05) is 29.8 Å². The minimum absolute atomic E-state index is 0.0174. The lowest BCUT2D eigenvalue weighted by Crippen LogP contribution is -2.36. The number of halogens is 4. The van der Waals surface area contributed by atoms with Crippen LogP contribution in [0.4, 0.5) is 13.2 Å². The van der Waals surface area contributed by atoms with Gasteiger partial charge in [0.1, 0.15) is 6.54 Å². The van der Waals surface area contributed by atoms with Crippen molar-refractivity contribution in [1.82, 2.24) is 14.7 Å². The van der Waals surface area contributed by atoms with Crippen molar-refractivity contribution in [3.05, 3.63) is 51.8 Å². The van der Waals surface area contributed by atoms with E-state index in [4.69, 9.17) is 11.6 Å². The molecular weight excluding hydrogens is 367 g/mol. The van der Waals surface area contributed by atoms with Crippen molar-refractivity contribution in [3.63, 3.8) is 0 Å². The van der Waals surface area contributed by atoms with Crippen LogP contribution >= 0.6 is 11.6 Å². The van der Waals surface area contributed by atoms with Gasteiger partial charge in [0.05, 0.1) is 22.0 Å². The molecule has 0 unspecified atom stereocenters. The lowest BCUT2D eigenvalue weighted by Gasteiger charge is -2.24. The Morgan fingerprint density at radius 3 is 2.50 bits per heavy atom. The summed E-state index contributed by atoms with van der Waals surface area (Å²) in [6, 6.07) is 5.36. The Bertz CT molecular complexity index is 828. The van der Waals surface area contributed by atoms with Crippen LogP contribution in [-0.2, 0) is 24.1 Å². The molecule has 0 N–H and O–H groups in total. The van der Waals surface area contributed by atoms with Crippen molar-refractivity contribution in [2.75, 3.05) is 0 Å². The number of hydrogen-bond donors (Lipinski definition) is 0. The highest BCUT2D eigenvalue weighted by atomic mass is 35.5. The minimum atomic E-state index is -4.45. The monoisotopic (exact) mass is 385 g/mol.